The highest BCUT2D eigenvalue weighted by molar-refractivity contribution is 6.21. The molecule has 2 aliphatic rings. The average molecular weight is 378 g/mol. The smallest absolute Gasteiger partial charge is 0.261 e. The minimum Gasteiger partial charge on any atom is -0.372 e. The lowest BCUT2D eigenvalue weighted by molar-refractivity contribution is -0.0586. The fourth-order valence-corrected chi connectivity index (χ4v) is 3.84. The zero-order chi connectivity index (χ0) is 19.8. The van der Waals surface area contributed by atoms with Crippen molar-refractivity contribution in [2.75, 3.05) is 13.1 Å². The van der Waals surface area contributed by atoms with Crippen LogP contribution in [0.2, 0.25) is 0 Å². The zero-order valence-electron chi connectivity index (χ0n) is 15.9. The van der Waals surface area contributed by atoms with Crippen LogP contribution in [0.1, 0.15) is 50.5 Å². The minimum atomic E-state index is -0.281. The summed E-state index contributed by atoms with van der Waals surface area (Å²) in [5, 5.41) is 0. The Morgan fingerprint density at radius 3 is 2.00 bits per heavy atom. The van der Waals surface area contributed by atoms with Crippen LogP contribution in [0.25, 0.3) is 0 Å². The molecule has 2 aromatic carbocycles. The Bertz CT molecular complexity index is 893. The summed E-state index contributed by atoms with van der Waals surface area (Å²) in [6.07, 6.45) is 0.0293. The van der Waals surface area contributed by atoms with Gasteiger partial charge >= 0.3 is 0 Å². The van der Waals surface area contributed by atoms with E-state index in [1.54, 1.807) is 53.4 Å². The molecule has 144 valence electrons. The summed E-state index contributed by atoms with van der Waals surface area (Å²) in [6, 6.07) is 13.9. The number of amides is 3. The molecule has 0 unspecified atom stereocenters. The van der Waals surface area contributed by atoms with E-state index in [-0.39, 0.29) is 36.5 Å². The monoisotopic (exact) mass is 378 g/mol. The molecule has 0 spiro atoms. The molecule has 2 heterocycles. The quantitative estimate of drug-likeness (QED) is 0.771. The van der Waals surface area contributed by atoms with Crippen LogP contribution in [0, 0.1) is 0 Å². The van der Waals surface area contributed by atoms with Crippen molar-refractivity contribution in [3.63, 3.8) is 0 Å². The van der Waals surface area contributed by atoms with Gasteiger partial charge in [-0.1, -0.05) is 24.3 Å². The minimum absolute atomic E-state index is 0.0146. The third-order valence-electron chi connectivity index (χ3n) is 5.13. The number of imide groups is 1. The van der Waals surface area contributed by atoms with Crippen LogP contribution in [0.5, 0.6) is 0 Å². The number of rotatable bonds is 3. The molecule has 0 N–H and O–H groups in total. The number of carbonyl (C=O) groups is 3. The van der Waals surface area contributed by atoms with E-state index in [2.05, 4.69) is 0 Å². The van der Waals surface area contributed by atoms with Crippen molar-refractivity contribution < 1.29 is 19.1 Å². The summed E-state index contributed by atoms with van der Waals surface area (Å²) in [6.45, 7) is 5.24. The normalized spacial score (nSPS) is 21.8. The highest BCUT2D eigenvalue weighted by Crippen LogP contribution is 2.24. The molecule has 0 radical (unpaired) electrons. The van der Waals surface area contributed by atoms with Crippen molar-refractivity contribution in [2.45, 2.75) is 32.6 Å². The van der Waals surface area contributed by atoms with E-state index in [0.29, 0.717) is 29.8 Å². The standard InChI is InChI=1S/C22H22N2O4/c1-14-11-23(12-15(2)28-14)20(25)17-9-7-16(8-10-17)13-24-21(26)18-5-3-4-6-19(18)22(24)27/h3-10,14-15H,11-13H2,1-2H3/t14-,15+. The first kappa shape index (κ1) is 18.4. The van der Waals surface area contributed by atoms with Crippen LogP contribution >= 0.6 is 0 Å². The molecule has 1 fully saturated rings. The summed E-state index contributed by atoms with van der Waals surface area (Å²) in [5.41, 5.74) is 2.27. The number of ether oxygens (including phenoxy) is 1. The predicted molar refractivity (Wildman–Crippen MR) is 103 cm³/mol. The summed E-state index contributed by atoms with van der Waals surface area (Å²) >= 11 is 0. The Morgan fingerprint density at radius 2 is 1.46 bits per heavy atom. The van der Waals surface area contributed by atoms with Gasteiger partial charge in [0.15, 0.2) is 0 Å². The van der Waals surface area contributed by atoms with Gasteiger partial charge < -0.3 is 9.64 Å². The Labute approximate surface area is 163 Å². The molecule has 6 heteroatoms. The largest absolute Gasteiger partial charge is 0.372 e. The van der Waals surface area contributed by atoms with Crippen LogP contribution in [0.15, 0.2) is 48.5 Å². The van der Waals surface area contributed by atoms with E-state index in [4.69, 9.17) is 4.74 Å². The summed E-state index contributed by atoms with van der Waals surface area (Å²) in [7, 11) is 0. The maximum Gasteiger partial charge on any atom is 0.261 e. The average Bonchev–Trinajstić information content (AvgIpc) is 2.92. The van der Waals surface area contributed by atoms with Gasteiger partial charge in [0, 0.05) is 18.7 Å². The second-order valence-corrected chi connectivity index (χ2v) is 7.41. The first-order chi connectivity index (χ1) is 13.4. The van der Waals surface area contributed by atoms with E-state index < -0.39 is 0 Å². The van der Waals surface area contributed by atoms with Crippen LogP contribution in [-0.4, -0.2) is 52.8 Å². The van der Waals surface area contributed by atoms with Gasteiger partial charge in [-0.15, -0.1) is 0 Å². The van der Waals surface area contributed by atoms with Crippen LogP contribution in [0.3, 0.4) is 0 Å². The van der Waals surface area contributed by atoms with Crippen molar-refractivity contribution in [3.8, 4) is 0 Å². The fourth-order valence-electron chi connectivity index (χ4n) is 3.84. The molecule has 6 nitrogen and oxygen atoms in total. The van der Waals surface area contributed by atoms with Crippen LogP contribution < -0.4 is 0 Å². The summed E-state index contributed by atoms with van der Waals surface area (Å²) in [5.74, 6) is -0.594. The third kappa shape index (κ3) is 3.31. The lowest BCUT2D eigenvalue weighted by Crippen LogP contribution is -2.48. The Balaban J connectivity index is 1.46. The molecule has 0 bridgehead atoms. The SMILES string of the molecule is C[C@@H]1CN(C(=O)c2ccc(CN3C(=O)c4ccccc4C3=O)cc2)C[C@H](C)O1. The zero-order valence-corrected chi connectivity index (χ0v) is 15.9. The van der Waals surface area contributed by atoms with Gasteiger partial charge in [-0.3, -0.25) is 19.3 Å². The first-order valence-corrected chi connectivity index (χ1v) is 9.43. The van der Waals surface area contributed by atoms with Crippen LogP contribution in [0.4, 0.5) is 0 Å². The number of fused-ring (bicyclic) bond motifs is 1. The van der Waals surface area contributed by atoms with Crippen molar-refractivity contribution in [2.24, 2.45) is 0 Å². The van der Waals surface area contributed by atoms with Gasteiger partial charge in [-0.25, -0.2) is 0 Å². The highest BCUT2D eigenvalue weighted by atomic mass is 16.5. The van der Waals surface area contributed by atoms with Crippen molar-refractivity contribution in [1.29, 1.82) is 0 Å². The Kier molecular flexibility index (Phi) is 4.73. The molecule has 0 aliphatic carbocycles. The highest BCUT2D eigenvalue weighted by Gasteiger charge is 2.35. The lowest BCUT2D eigenvalue weighted by atomic mass is 10.1. The maximum absolute atomic E-state index is 12.8. The molecule has 28 heavy (non-hydrogen) atoms. The molecule has 0 aromatic heterocycles. The number of morpholine rings is 1. The molecule has 2 aromatic rings. The van der Waals surface area contributed by atoms with Crippen molar-refractivity contribution >= 4 is 17.7 Å². The van der Waals surface area contributed by atoms with Gasteiger partial charge in [0.05, 0.1) is 29.9 Å². The predicted octanol–water partition coefficient (Wildman–Crippen LogP) is 2.73. The first-order valence-electron chi connectivity index (χ1n) is 9.43. The molecule has 2 atom stereocenters. The molecule has 0 saturated carbocycles. The Hall–Kier alpha value is -2.99. The number of hydrogen-bond donors (Lipinski definition) is 0. The van der Waals surface area contributed by atoms with E-state index >= 15 is 0 Å². The molecule has 2 aliphatic heterocycles. The number of hydrogen-bond acceptors (Lipinski definition) is 4. The number of carbonyl (C=O) groups excluding carboxylic acids is 3. The van der Waals surface area contributed by atoms with Crippen LogP contribution in [-0.2, 0) is 11.3 Å². The van der Waals surface area contributed by atoms with Gasteiger partial charge in [-0.2, -0.15) is 0 Å². The second-order valence-electron chi connectivity index (χ2n) is 7.41. The third-order valence-corrected chi connectivity index (χ3v) is 5.13. The molecular weight excluding hydrogens is 356 g/mol. The van der Waals surface area contributed by atoms with E-state index in [0.717, 1.165) is 5.56 Å². The van der Waals surface area contributed by atoms with E-state index in [1.807, 2.05) is 13.8 Å². The van der Waals surface area contributed by atoms with Gasteiger partial charge in [0.1, 0.15) is 0 Å². The molecule has 3 amide bonds. The van der Waals surface area contributed by atoms with E-state index in [1.165, 1.54) is 4.90 Å². The topological polar surface area (TPSA) is 66.9 Å². The molecule has 1 saturated heterocycles. The fraction of sp³-hybridized carbons (Fsp3) is 0.318. The Morgan fingerprint density at radius 1 is 0.929 bits per heavy atom. The number of benzene rings is 2. The molecular formula is C22H22N2O4. The van der Waals surface area contributed by atoms with Crippen molar-refractivity contribution in [3.05, 3.63) is 70.8 Å². The summed E-state index contributed by atoms with van der Waals surface area (Å²) < 4.78 is 5.68. The van der Waals surface area contributed by atoms with Gasteiger partial charge in [0.25, 0.3) is 17.7 Å². The maximum atomic E-state index is 12.8. The van der Waals surface area contributed by atoms with Crippen molar-refractivity contribution in [1.82, 2.24) is 9.80 Å². The lowest BCUT2D eigenvalue weighted by Gasteiger charge is -2.35. The van der Waals surface area contributed by atoms with E-state index in [9.17, 15) is 14.4 Å². The molecule has 4 rings (SSSR count). The van der Waals surface area contributed by atoms with Gasteiger partial charge in [0.2, 0.25) is 0 Å². The number of nitrogens with zero attached hydrogens (tertiary/aromatic N) is 2. The van der Waals surface area contributed by atoms with Gasteiger partial charge in [-0.05, 0) is 43.7 Å². The second kappa shape index (κ2) is 7.20. The summed E-state index contributed by atoms with van der Waals surface area (Å²) in [4.78, 5) is 40.8.